The van der Waals surface area contributed by atoms with Crippen LogP contribution < -0.4 is 20.2 Å². The number of nitrogens with zero attached hydrogens (tertiary/aromatic N) is 1. The van der Waals surface area contributed by atoms with Crippen molar-refractivity contribution in [3.63, 3.8) is 0 Å². The summed E-state index contributed by atoms with van der Waals surface area (Å²) in [5, 5.41) is 7.18. The van der Waals surface area contributed by atoms with E-state index in [1.54, 1.807) is 61.7 Å². The highest BCUT2D eigenvalue weighted by Gasteiger charge is 2.12. The molecule has 0 amide bonds. The van der Waals surface area contributed by atoms with Gasteiger partial charge in [-0.1, -0.05) is 15.9 Å². The van der Waals surface area contributed by atoms with Crippen LogP contribution in [0.4, 0.5) is 10.1 Å². The number of ether oxygens (including phenoxy) is 2. The van der Waals surface area contributed by atoms with Gasteiger partial charge in [0.1, 0.15) is 17.3 Å². The van der Waals surface area contributed by atoms with E-state index >= 15 is 0 Å². The van der Waals surface area contributed by atoms with Gasteiger partial charge in [0.15, 0.2) is 5.11 Å². The van der Waals surface area contributed by atoms with Crippen molar-refractivity contribution in [1.29, 1.82) is 0 Å². The molecular weight excluding hydrogens is 485 g/mol. The van der Waals surface area contributed by atoms with Crippen molar-refractivity contribution < 1.29 is 18.7 Å². The van der Waals surface area contributed by atoms with Crippen molar-refractivity contribution >= 4 is 51.1 Å². The minimum absolute atomic E-state index is 0.217. The number of carbonyl (C=O) groups is 1. The lowest BCUT2D eigenvalue weighted by Gasteiger charge is -2.09. The van der Waals surface area contributed by atoms with Gasteiger partial charge in [-0.15, -0.1) is 0 Å². The van der Waals surface area contributed by atoms with E-state index in [4.69, 9.17) is 21.7 Å². The maximum Gasteiger partial charge on any atom is 0.343 e. The number of benzene rings is 3. The van der Waals surface area contributed by atoms with Gasteiger partial charge < -0.3 is 14.8 Å². The molecule has 6 nitrogen and oxygen atoms in total. The van der Waals surface area contributed by atoms with E-state index in [0.717, 1.165) is 4.47 Å². The molecule has 0 saturated heterocycles. The van der Waals surface area contributed by atoms with Crippen molar-refractivity contribution in [3.05, 3.63) is 88.1 Å². The minimum atomic E-state index is -0.513. The number of hydrazone groups is 1. The normalized spacial score (nSPS) is 10.5. The van der Waals surface area contributed by atoms with Crippen molar-refractivity contribution in [1.82, 2.24) is 5.43 Å². The summed E-state index contributed by atoms with van der Waals surface area (Å²) in [5.41, 5.74) is 4.21. The van der Waals surface area contributed by atoms with E-state index in [1.807, 2.05) is 0 Å². The molecule has 2 N–H and O–H groups in total. The number of hydrogen-bond donors (Lipinski definition) is 2. The van der Waals surface area contributed by atoms with Crippen LogP contribution in [0.3, 0.4) is 0 Å². The molecule has 0 aromatic heterocycles. The Kier molecular flexibility index (Phi) is 7.69. The first-order chi connectivity index (χ1) is 14.9. The van der Waals surface area contributed by atoms with Gasteiger partial charge in [-0.2, -0.15) is 5.10 Å². The monoisotopic (exact) mass is 501 g/mol. The Labute approximate surface area is 192 Å². The van der Waals surface area contributed by atoms with E-state index in [-0.39, 0.29) is 10.9 Å². The molecule has 0 radical (unpaired) electrons. The first-order valence-electron chi connectivity index (χ1n) is 8.96. The highest BCUT2D eigenvalue weighted by Crippen LogP contribution is 2.23. The molecule has 0 unspecified atom stereocenters. The molecule has 0 bridgehead atoms. The van der Waals surface area contributed by atoms with Gasteiger partial charge in [0, 0.05) is 15.7 Å². The van der Waals surface area contributed by atoms with Crippen molar-refractivity contribution in [2.45, 2.75) is 0 Å². The molecule has 0 spiro atoms. The lowest BCUT2D eigenvalue weighted by Crippen LogP contribution is -2.23. The molecule has 0 saturated carbocycles. The van der Waals surface area contributed by atoms with E-state index in [1.165, 1.54) is 18.3 Å². The SMILES string of the molecule is COc1ccc(C(=O)Oc2ccc(Br)cc2/C=N/NC(=S)Nc2ccc(F)cc2)cc1. The molecule has 3 aromatic carbocycles. The molecule has 0 aliphatic heterocycles. The Morgan fingerprint density at radius 2 is 1.81 bits per heavy atom. The van der Waals surface area contributed by atoms with Gasteiger partial charge in [-0.3, -0.25) is 5.43 Å². The number of carbonyl (C=O) groups excluding carboxylic acids is 1. The predicted molar refractivity (Wildman–Crippen MR) is 125 cm³/mol. The first-order valence-corrected chi connectivity index (χ1v) is 10.2. The van der Waals surface area contributed by atoms with Crippen LogP contribution in [-0.4, -0.2) is 24.4 Å². The second-order valence-corrected chi connectivity index (χ2v) is 7.46. The fourth-order valence-electron chi connectivity index (χ4n) is 2.45. The number of nitrogens with one attached hydrogen (secondary N) is 2. The van der Waals surface area contributed by atoms with Crippen molar-refractivity contribution in [2.24, 2.45) is 5.10 Å². The Balaban J connectivity index is 1.66. The second kappa shape index (κ2) is 10.6. The fourth-order valence-corrected chi connectivity index (χ4v) is 3.00. The lowest BCUT2D eigenvalue weighted by molar-refractivity contribution is 0.0734. The van der Waals surface area contributed by atoms with Crippen LogP contribution in [0.2, 0.25) is 0 Å². The number of methoxy groups -OCH3 is 1. The van der Waals surface area contributed by atoms with Gasteiger partial charge in [0.2, 0.25) is 0 Å². The fraction of sp³-hybridized carbons (Fsp3) is 0.0455. The zero-order chi connectivity index (χ0) is 22.2. The summed E-state index contributed by atoms with van der Waals surface area (Å²) in [7, 11) is 1.55. The summed E-state index contributed by atoms with van der Waals surface area (Å²) in [4.78, 5) is 12.5. The van der Waals surface area contributed by atoms with E-state index in [9.17, 15) is 9.18 Å². The Morgan fingerprint density at radius 3 is 2.48 bits per heavy atom. The largest absolute Gasteiger partial charge is 0.497 e. The number of rotatable bonds is 6. The molecule has 9 heteroatoms. The summed E-state index contributed by atoms with van der Waals surface area (Å²) in [6, 6.07) is 17.5. The summed E-state index contributed by atoms with van der Waals surface area (Å²) in [6.07, 6.45) is 1.47. The molecule has 0 heterocycles. The zero-order valence-electron chi connectivity index (χ0n) is 16.3. The highest BCUT2D eigenvalue weighted by molar-refractivity contribution is 9.10. The third-order valence-corrected chi connectivity index (χ3v) is 4.66. The van der Waals surface area contributed by atoms with Crippen LogP contribution in [0.1, 0.15) is 15.9 Å². The van der Waals surface area contributed by atoms with E-state index < -0.39 is 5.97 Å². The van der Waals surface area contributed by atoms with Crippen LogP contribution in [-0.2, 0) is 0 Å². The average Bonchev–Trinajstić information content (AvgIpc) is 2.77. The van der Waals surface area contributed by atoms with Gasteiger partial charge in [0.25, 0.3) is 0 Å². The summed E-state index contributed by atoms with van der Waals surface area (Å²) in [5.74, 6) is 0.117. The Hall–Kier alpha value is -3.30. The third-order valence-electron chi connectivity index (χ3n) is 3.97. The van der Waals surface area contributed by atoms with Gasteiger partial charge in [0.05, 0.1) is 18.9 Å². The standard InChI is InChI=1S/C22H17BrFN3O3S/c1-29-19-9-2-14(3-10-19)21(28)30-20-11-4-16(23)12-15(20)13-25-27-22(31)26-18-7-5-17(24)6-8-18/h2-13H,1H3,(H2,26,27,31)/b25-13+. The molecule has 158 valence electrons. The number of halogens is 2. The zero-order valence-corrected chi connectivity index (χ0v) is 18.7. The minimum Gasteiger partial charge on any atom is -0.497 e. The maximum atomic E-state index is 13.0. The lowest BCUT2D eigenvalue weighted by atomic mass is 10.2. The van der Waals surface area contributed by atoms with E-state index in [2.05, 4.69) is 31.8 Å². The number of anilines is 1. The van der Waals surface area contributed by atoms with Gasteiger partial charge >= 0.3 is 5.97 Å². The molecule has 0 aliphatic carbocycles. The van der Waals surface area contributed by atoms with Crippen LogP contribution in [0, 0.1) is 5.82 Å². The maximum absolute atomic E-state index is 13.0. The Bertz CT molecular complexity index is 1110. The number of thiocarbonyl (C=S) groups is 1. The quantitative estimate of drug-likeness (QED) is 0.160. The molecule has 3 aromatic rings. The predicted octanol–water partition coefficient (Wildman–Crippen LogP) is 5.14. The van der Waals surface area contributed by atoms with E-state index in [0.29, 0.717) is 28.3 Å². The second-order valence-electron chi connectivity index (χ2n) is 6.13. The van der Waals surface area contributed by atoms with Crippen molar-refractivity contribution in [3.8, 4) is 11.5 Å². The molecule has 0 atom stereocenters. The van der Waals surface area contributed by atoms with Crippen LogP contribution >= 0.6 is 28.1 Å². The highest BCUT2D eigenvalue weighted by atomic mass is 79.9. The molecule has 0 fully saturated rings. The third kappa shape index (κ3) is 6.59. The molecule has 0 aliphatic rings. The summed E-state index contributed by atoms with van der Waals surface area (Å²) < 4.78 is 24.4. The van der Waals surface area contributed by atoms with Gasteiger partial charge in [-0.25, -0.2) is 9.18 Å². The van der Waals surface area contributed by atoms with Gasteiger partial charge in [-0.05, 0) is 78.9 Å². The average molecular weight is 502 g/mol. The summed E-state index contributed by atoms with van der Waals surface area (Å²) >= 11 is 8.55. The molecule has 3 rings (SSSR count). The van der Waals surface area contributed by atoms with Crippen LogP contribution in [0.25, 0.3) is 0 Å². The molecular formula is C22H17BrFN3O3S. The number of esters is 1. The first kappa shape index (κ1) is 22.4. The number of hydrogen-bond acceptors (Lipinski definition) is 5. The smallest absolute Gasteiger partial charge is 0.343 e. The molecule has 31 heavy (non-hydrogen) atoms. The summed E-state index contributed by atoms with van der Waals surface area (Å²) in [6.45, 7) is 0. The topological polar surface area (TPSA) is 72.0 Å². The Morgan fingerprint density at radius 1 is 1.10 bits per heavy atom. The van der Waals surface area contributed by atoms with Crippen LogP contribution in [0.15, 0.2) is 76.3 Å². The van der Waals surface area contributed by atoms with Crippen molar-refractivity contribution in [2.75, 3.05) is 12.4 Å². The van der Waals surface area contributed by atoms with Crippen LogP contribution in [0.5, 0.6) is 11.5 Å².